The van der Waals surface area contributed by atoms with Crippen molar-refractivity contribution in [1.29, 1.82) is 0 Å². The third-order valence-corrected chi connectivity index (χ3v) is 5.95. The third kappa shape index (κ3) is 5.79. The first-order chi connectivity index (χ1) is 13.3. The molecule has 29 heavy (non-hydrogen) atoms. The van der Waals surface area contributed by atoms with E-state index in [0.717, 1.165) is 40.7 Å². The number of rotatable bonds is 7. The Hall–Kier alpha value is -2.41. The number of benzene rings is 2. The van der Waals surface area contributed by atoms with Crippen LogP contribution in [0.2, 0.25) is 5.02 Å². The van der Waals surface area contributed by atoms with Gasteiger partial charge in [-0.3, -0.25) is 10.1 Å². The minimum Gasteiger partial charge on any atom is -0.404 e. The molecule has 2 aromatic carbocycles. The predicted molar refractivity (Wildman–Crippen MR) is 98.0 cm³/mol. The summed E-state index contributed by atoms with van der Waals surface area (Å²) in [6, 6.07) is 6.76. The molecule has 0 aromatic heterocycles. The molecule has 0 heterocycles. The van der Waals surface area contributed by atoms with Crippen LogP contribution < -0.4 is 10.5 Å². The zero-order valence-electron chi connectivity index (χ0n) is 14.8. The van der Waals surface area contributed by atoms with Crippen LogP contribution in [0, 0.1) is 10.1 Å². The summed E-state index contributed by atoms with van der Waals surface area (Å²) in [6.07, 6.45) is -4.91. The standard InChI is InChI=1S/C16H15ClF3N3O5S/c1-22(29(26,27)12-5-3-11(4-6-12)23(24)25)9-14(21)10-2-7-15(13(17)8-10)28-16(18,19)20/h2-8,14H,9,21H2,1H3/t14-/m0/s1. The summed E-state index contributed by atoms with van der Waals surface area (Å²) in [5, 5.41) is 10.3. The molecule has 0 radical (unpaired) electrons. The molecule has 2 N–H and O–H groups in total. The van der Waals surface area contributed by atoms with E-state index in [1.807, 2.05) is 0 Å². The Balaban J connectivity index is 2.15. The summed E-state index contributed by atoms with van der Waals surface area (Å²) < 4.78 is 66.8. The third-order valence-electron chi connectivity index (χ3n) is 3.82. The number of hydrogen-bond donors (Lipinski definition) is 1. The molecular formula is C16H15ClF3N3O5S. The van der Waals surface area contributed by atoms with E-state index in [9.17, 15) is 31.7 Å². The highest BCUT2D eigenvalue weighted by molar-refractivity contribution is 7.89. The number of ether oxygens (including phenoxy) is 1. The second-order valence-corrected chi connectivity index (χ2v) is 8.33. The summed E-state index contributed by atoms with van der Waals surface area (Å²) in [5.74, 6) is -0.609. The molecule has 0 unspecified atom stereocenters. The number of non-ortho nitro benzene ring substituents is 1. The monoisotopic (exact) mass is 453 g/mol. The van der Waals surface area contributed by atoms with Crippen molar-refractivity contribution in [3.63, 3.8) is 0 Å². The van der Waals surface area contributed by atoms with Crippen molar-refractivity contribution in [2.24, 2.45) is 5.73 Å². The maximum Gasteiger partial charge on any atom is 0.573 e. The Kier molecular flexibility index (Phi) is 6.73. The molecule has 0 fully saturated rings. The SMILES string of the molecule is CN(C[C@H](N)c1ccc(OC(F)(F)F)c(Cl)c1)S(=O)(=O)c1ccc([N+](=O)[O-])cc1. The smallest absolute Gasteiger partial charge is 0.404 e. The highest BCUT2D eigenvalue weighted by Gasteiger charge is 2.32. The fraction of sp³-hybridized carbons (Fsp3) is 0.250. The second kappa shape index (κ2) is 8.53. The molecule has 0 aliphatic heterocycles. The number of sulfonamides is 1. The van der Waals surface area contributed by atoms with Crippen LogP contribution in [0.3, 0.4) is 0 Å². The zero-order chi connectivity index (χ0) is 22.0. The van der Waals surface area contributed by atoms with Crippen LogP contribution in [0.15, 0.2) is 47.4 Å². The van der Waals surface area contributed by atoms with Crippen LogP contribution in [0.5, 0.6) is 5.75 Å². The fourth-order valence-corrected chi connectivity index (χ4v) is 3.78. The molecule has 8 nitrogen and oxygen atoms in total. The molecular weight excluding hydrogens is 439 g/mol. The highest BCUT2D eigenvalue weighted by Crippen LogP contribution is 2.32. The van der Waals surface area contributed by atoms with Gasteiger partial charge in [0.2, 0.25) is 10.0 Å². The van der Waals surface area contributed by atoms with Crippen LogP contribution in [0.4, 0.5) is 18.9 Å². The molecule has 1 atom stereocenters. The van der Waals surface area contributed by atoms with Crippen molar-refractivity contribution in [2.75, 3.05) is 13.6 Å². The Labute approximate surface area is 168 Å². The van der Waals surface area contributed by atoms with Crippen molar-refractivity contribution in [3.8, 4) is 5.75 Å². The van der Waals surface area contributed by atoms with Crippen LogP contribution in [-0.4, -0.2) is 37.6 Å². The van der Waals surface area contributed by atoms with Gasteiger partial charge < -0.3 is 10.5 Å². The molecule has 0 aliphatic rings. The number of likely N-dealkylation sites (N-methyl/N-ethyl adjacent to an activating group) is 1. The lowest BCUT2D eigenvalue weighted by Crippen LogP contribution is -2.34. The topological polar surface area (TPSA) is 116 Å². The number of hydrogen-bond acceptors (Lipinski definition) is 6. The van der Waals surface area contributed by atoms with Gasteiger partial charge in [-0.15, -0.1) is 13.2 Å². The number of nitro benzene ring substituents is 1. The number of nitrogens with zero attached hydrogens (tertiary/aromatic N) is 2. The molecule has 0 amide bonds. The Morgan fingerprint density at radius 1 is 1.24 bits per heavy atom. The Morgan fingerprint density at radius 3 is 2.31 bits per heavy atom. The minimum absolute atomic E-state index is 0.176. The largest absolute Gasteiger partial charge is 0.573 e. The number of alkyl halides is 3. The number of halogens is 4. The van der Waals surface area contributed by atoms with E-state index in [4.69, 9.17) is 17.3 Å². The Bertz CT molecular complexity index is 1000. The zero-order valence-corrected chi connectivity index (χ0v) is 16.3. The van der Waals surface area contributed by atoms with E-state index in [0.29, 0.717) is 0 Å². The van der Waals surface area contributed by atoms with E-state index in [1.54, 1.807) is 0 Å². The highest BCUT2D eigenvalue weighted by atomic mass is 35.5. The summed E-state index contributed by atoms with van der Waals surface area (Å²) in [4.78, 5) is 9.84. The molecule has 0 aliphatic carbocycles. The Morgan fingerprint density at radius 2 is 1.83 bits per heavy atom. The van der Waals surface area contributed by atoms with Crippen molar-refractivity contribution < 1.29 is 31.2 Å². The maximum atomic E-state index is 12.6. The van der Waals surface area contributed by atoms with Crippen molar-refractivity contribution in [1.82, 2.24) is 4.31 Å². The maximum absolute atomic E-state index is 12.6. The molecule has 0 spiro atoms. The molecule has 2 aromatic rings. The van der Waals surface area contributed by atoms with E-state index in [2.05, 4.69) is 4.74 Å². The van der Waals surface area contributed by atoms with E-state index in [1.165, 1.54) is 13.1 Å². The van der Waals surface area contributed by atoms with E-state index < -0.39 is 33.1 Å². The van der Waals surface area contributed by atoms with Crippen molar-refractivity contribution in [3.05, 3.63) is 63.2 Å². The number of nitrogens with two attached hydrogens (primary N) is 1. The quantitative estimate of drug-likeness (QED) is 0.507. The van der Waals surface area contributed by atoms with Gasteiger partial charge in [0.1, 0.15) is 5.75 Å². The first kappa shape index (κ1) is 22.9. The second-order valence-electron chi connectivity index (χ2n) is 5.88. The lowest BCUT2D eigenvalue weighted by atomic mass is 10.1. The fourth-order valence-electron chi connectivity index (χ4n) is 2.36. The van der Waals surface area contributed by atoms with Gasteiger partial charge in [-0.05, 0) is 29.8 Å². The average Bonchev–Trinajstić information content (AvgIpc) is 2.62. The lowest BCUT2D eigenvalue weighted by Gasteiger charge is -2.22. The van der Waals surface area contributed by atoms with Crippen LogP contribution >= 0.6 is 11.6 Å². The van der Waals surface area contributed by atoms with Gasteiger partial charge in [-0.2, -0.15) is 4.31 Å². The lowest BCUT2D eigenvalue weighted by molar-refractivity contribution is -0.384. The van der Waals surface area contributed by atoms with Crippen molar-refractivity contribution >= 4 is 27.3 Å². The van der Waals surface area contributed by atoms with Gasteiger partial charge in [0, 0.05) is 31.8 Å². The summed E-state index contributed by atoms with van der Waals surface area (Å²) in [5.41, 5.74) is 5.99. The van der Waals surface area contributed by atoms with Crippen molar-refractivity contribution in [2.45, 2.75) is 17.3 Å². The predicted octanol–water partition coefficient (Wildman–Crippen LogP) is 3.47. The minimum atomic E-state index is -4.91. The first-order valence-corrected chi connectivity index (χ1v) is 9.64. The van der Waals surface area contributed by atoms with E-state index in [-0.39, 0.29) is 27.7 Å². The molecule has 0 saturated carbocycles. The summed E-state index contributed by atoms with van der Waals surface area (Å²) in [7, 11) is -2.75. The van der Waals surface area contributed by atoms with Gasteiger partial charge in [-0.1, -0.05) is 17.7 Å². The van der Waals surface area contributed by atoms with Crippen LogP contribution in [0.25, 0.3) is 0 Å². The summed E-state index contributed by atoms with van der Waals surface area (Å²) in [6.45, 7) is -0.227. The van der Waals surface area contributed by atoms with Gasteiger partial charge in [0.15, 0.2) is 0 Å². The molecule has 158 valence electrons. The van der Waals surface area contributed by atoms with Gasteiger partial charge in [0.05, 0.1) is 14.8 Å². The van der Waals surface area contributed by atoms with Crippen LogP contribution in [-0.2, 0) is 10.0 Å². The summed E-state index contributed by atoms with van der Waals surface area (Å²) >= 11 is 5.77. The van der Waals surface area contributed by atoms with Gasteiger partial charge in [-0.25, -0.2) is 8.42 Å². The average molecular weight is 454 g/mol. The number of nitro groups is 1. The first-order valence-electron chi connectivity index (χ1n) is 7.83. The van der Waals surface area contributed by atoms with E-state index >= 15 is 0 Å². The van der Waals surface area contributed by atoms with Gasteiger partial charge >= 0.3 is 6.36 Å². The van der Waals surface area contributed by atoms with Crippen LogP contribution in [0.1, 0.15) is 11.6 Å². The molecule has 0 bridgehead atoms. The molecule has 13 heteroatoms. The molecule has 0 saturated heterocycles. The normalized spacial score (nSPS) is 13.3. The molecule has 2 rings (SSSR count). The van der Waals surface area contributed by atoms with Gasteiger partial charge in [0.25, 0.3) is 5.69 Å².